The van der Waals surface area contributed by atoms with Gasteiger partial charge in [0.15, 0.2) is 9.84 Å². The van der Waals surface area contributed by atoms with Gasteiger partial charge in [0.25, 0.3) is 0 Å². The highest BCUT2D eigenvalue weighted by Gasteiger charge is 2.25. The maximum absolute atomic E-state index is 11.7. The summed E-state index contributed by atoms with van der Waals surface area (Å²) in [7, 11) is -2.92. The monoisotopic (exact) mass is 207 g/mol. The van der Waals surface area contributed by atoms with Crippen LogP contribution in [0.25, 0.3) is 0 Å². The summed E-state index contributed by atoms with van der Waals surface area (Å²) in [5.74, 6) is 0. The van der Waals surface area contributed by atoms with Gasteiger partial charge in [-0.25, -0.2) is 8.42 Å². The van der Waals surface area contributed by atoms with Crippen molar-refractivity contribution in [3.05, 3.63) is 0 Å². The fourth-order valence-electron chi connectivity index (χ4n) is 1.09. The van der Waals surface area contributed by atoms with E-state index in [1.807, 2.05) is 13.8 Å². The molecule has 0 aromatic carbocycles. The molecule has 0 amide bonds. The SMILES string of the molecule is CCNCC(C)S(=O)(=O)C(C)CC. The van der Waals surface area contributed by atoms with Crippen molar-refractivity contribution in [3.8, 4) is 0 Å². The third-order valence-corrected chi connectivity index (χ3v) is 5.12. The van der Waals surface area contributed by atoms with Gasteiger partial charge in [-0.05, 0) is 26.8 Å². The second kappa shape index (κ2) is 5.60. The molecule has 3 nitrogen and oxygen atoms in total. The zero-order chi connectivity index (χ0) is 10.5. The summed E-state index contributed by atoms with van der Waals surface area (Å²) in [4.78, 5) is 0. The molecule has 0 bridgehead atoms. The zero-order valence-electron chi connectivity index (χ0n) is 9.00. The molecule has 4 heteroatoms. The van der Waals surface area contributed by atoms with Gasteiger partial charge in [0.2, 0.25) is 0 Å². The molecule has 0 aliphatic heterocycles. The van der Waals surface area contributed by atoms with E-state index in [1.54, 1.807) is 13.8 Å². The molecule has 80 valence electrons. The second-order valence-corrected chi connectivity index (χ2v) is 6.21. The molecule has 0 aromatic rings. The highest BCUT2D eigenvalue weighted by molar-refractivity contribution is 7.92. The number of rotatable bonds is 6. The minimum Gasteiger partial charge on any atom is -0.316 e. The molecule has 1 N–H and O–H groups in total. The van der Waals surface area contributed by atoms with Crippen LogP contribution in [0.5, 0.6) is 0 Å². The van der Waals surface area contributed by atoms with Gasteiger partial charge in [0, 0.05) is 6.54 Å². The van der Waals surface area contributed by atoms with Crippen molar-refractivity contribution in [2.75, 3.05) is 13.1 Å². The molecule has 0 aliphatic carbocycles. The van der Waals surface area contributed by atoms with Gasteiger partial charge in [-0.3, -0.25) is 0 Å². The Bertz CT molecular complexity index is 224. The van der Waals surface area contributed by atoms with E-state index in [0.717, 1.165) is 6.54 Å². The third kappa shape index (κ3) is 3.65. The average molecular weight is 207 g/mol. The Morgan fingerprint density at radius 2 is 1.69 bits per heavy atom. The molecule has 0 aliphatic rings. The quantitative estimate of drug-likeness (QED) is 0.712. The van der Waals surface area contributed by atoms with Crippen molar-refractivity contribution in [2.24, 2.45) is 0 Å². The minimum absolute atomic E-state index is 0.221. The lowest BCUT2D eigenvalue weighted by molar-refractivity contribution is 0.560. The first kappa shape index (κ1) is 12.9. The molecular formula is C9H21NO2S. The lowest BCUT2D eigenvalue weighted by atomic mass is 10.4. The first-order chi connectivity index (χ1) is 5.96. The van der Waals surface area contributed by atoms with Crippen molar-refractivity contribution in [1.82, 2.24) is 5.32 Å². The molecule has 0 fully saturated rings. The molecular weight excluding hydrogens is 186 g/mol. The van der Waals surface area contributed by atoms with Crippen molar-refractivity contribution in [1.29, 1.82) is 0 Å². The van der Waals surface area contributed by atoms with E-state index in [9.17, 15) is 8.42 Å². The van der Waals surface area contributed by atoms with Crippen molar-refractivity contribution < 1.29 is 8.42 Å². The second-order valence-electron chi connectivity index (χ2n) is 3.43. The van der Waals surface area contributed by atoms with E-state index in [-0.39, 0.29) is 10.5 Å². The predicted molar refractivity (Wildman–Crippen MR) is 56.7 cm³/mol. The van der Waals surface area contributed by atoms with Crippen molar-refractivity contribution in [3.63, 3.8) is 0 Å². The summed E-state index contributed by atoms with van der Waals surface area (Å²) < 4.78 is 23.5. The Kier molecular flexibility index (Phi) is 5.56. The van der Waals surface area contributed by atoms with Gasteiger partial charge < -0.3 is 5.32 Å². The average Bonchev–Trinajstić information content (AvgIpc) is 2.12. The highest BCUT2D eigenvalue weighted by atomic mass is 32.2. The van der Waals surface area contributed by atoms with Gasteiger partial charge in [-0.1, -0.05) is 13.8 Å². The fraction of sp³-hybridized carbons (Fsp3) is 1.00. The van der Waals surface area contributed by atoms with E-state index < -0.39 is 9.84 Å². The smallest absolute Gasteiger partial charge is 0.156 e. The number of sulfone groups is 1. The van der Waals surface area contributed by atoms with Crippen LogP contribution in [0, 0.1) is 0 Å². The Hall–Kier alpha value is -0.0900. The predicted octanol–water partition coefficient (Wildman–Crippen LogP) is 1.20. The molecule has 13 heavy (non-hydrogen) atoms. The van der Waals surface area contributed by atoms with Gasteiger partial charge >= 0.3 is 0 Å². The molecule has 2 unspecified atom stereocenters. The Morgan fingerprint density at radius 1 is 1.15 bits per heavy atom. The van der Waals surface area contributed by atoms with Gasteiger partial charge in [0.1, 0.15) is 0 Å². The molecule has 0 aromatic heterocycles. The van der Waals surface area contributed by atoms with Gasteiger partial charge in [-0.15, -0.1) is 0 Å². The molecule has 0 rings (SSSR count). The van der Waals surface area contributed by atoms with Crippen molar-refractivity contribution >= 4 is 9.84 Å². The maximum Gasteiger partial charge on any atom is 0.156 e. The van der Waals surface area contributed by atoms with E-state index in [0.29, 0.717) is 13.0 Å². The zero-order valence-corrected chi connectivity index (χ0v) is 9.82. The van der Waals surface area contributed by atoms with Crippen LogP contribution in [0.3, 0.4) is 0 Å². The number of nitrogens with one attached hydrogen (secondary N) is 1. The highest BCUT2D eigenvalue weighted by Crippen LogP contribution is 2.11. The van der Waals surface area contributed by atoms with E-state index in [2.05, 4.69) is 5.32 Å². The molecule has 0 heterocycles. The topological polar surface area (TPSA) is 46.2 Å². The van der Waals surface area contributed by atoms with Crippen LogP contribution in [0.1, 0.15) is 34.1 Å². The van der Waals surface area contributed by atoms with Crippen LogP contribution >= 0.6 is 0 Å². The summed E-state index contributed by atoms with van der Waals surface area (Å²) in [6.45, 7) is 8.80. The Morgan fingerprint density at radius 3 is 2.08 bits per heavy atom. The molecule has 2 atom stereocenters. The summed E-state index contributed by atoms with van der Waals surface area (Å²) in [5.41, 5.74) is 0. The summed E-state index contributed by atoms with van der Waals surface area (Å²) in [6.07, 6.45) is 0.693. The van der Waals surface area contributed by atoms with Crippen molar-refractivity contribution in [2.45, 2.75) is 44.6 Å². The summed E-state index contributed by atoms with van der Waals surface area (Å²) in [6, 6.07) is 0. The van der Waals surface area contributed by atoms with Crippen LogP contribution in [0.4, 0.5) is 0 Å². The molecule has 0 spiro atoms. The van der Waals surface area contributed by atoms with E-state index in [1.165, 1.54) is 0 Å². The normalized spacial score (nSPS) is 16.9. The van der Waals surface area contributed by atoms with Gasteiger partial charge in [0.05, 0.1) is 10.5 Å². The first-order valence-electron chi connectivity index (χ1n) is 4.90. The van der Waals surface area contributed by atoms with Crippen LogP contribution < -0.4 is 5.32 Å². The molecule has 0 saturated carbocycles. The standard InChI is InChI=1S/C9H21NO2S/c1-5-8(3)13(11,12)9(4)7-10-6-2/h8-10H,5-7H2,1-4H3. The minimum atomic E-state index is -2.92. The van der Waals surface area contributed by atoms with E-state index >= 15 is 0 Å². The summed E-state index contributed by atoms with van der Waals surface area (Å²) in [5, 5.41) is 2.56. The summed E-state index contributed by atoms with van der Waals surface area (Å²) >= 11 is 0. The first-order valence-corrected chi connectivity index (χ1v) is 6.51. The van der Waals surface area contributed by atoms with Crippen LogP contribution in [0.2, 0.25) is 0 Å². The number of hydrogen-bond donors (Lipinski definition) is 1. The lowest BCUT2D eigenvalue weighted by Crippen LogP contribution is -2.35. The lowest BCUT2D eigenvalue weighted by Gasteiger charge is -2.17. The Labute approximate surface area is 81.8 Å². The van der Waals surface area contributed by atoms with Crippen LogP contribution in [0.15, 0.2) is 0 Å². The maximum atomic E-state index is 11.7. The van der Waals surface area contributed by atoms with Gasteiger partial charge in [-0.2, -0.15) is 0 Å². The van der Waals surface area contributed by atoms with Crippen LogP contribution in [-0.2, 0) is 9.84 Å². The van der Waals surface area contributed by atoms with E-state index in [4.69, 9.17) is 0 Å². The van der Waals surface area contributed by atoms with Crippen LogP contribution in [-0.4, -0.2) is 32.0 Å². The third-order valence-electron chi connectivity index (χ3n) is 2.38. The Balaban J connectivity index is 4.28. The number of hydrogen-bond acceptors (Lipinski definition) is 3. The fourth-order valence-corrected chi connectivity index (χ4v) is 2.70. The molecule has 0 radical (unpaired) electrons. The molecule has 0 saturated heterocycles. The largest absolute Gasteiger partial charge is 0.316 e.